The number of benzene rings is 2. The van der Waals surface area contributed by atoms with Crippen LogP contribution in [0.15, 0.2) is 53.5 Å². The maximum Gasteiger partial charge on any atom is 0.193 e. The van der Waals surface area contributed by atoms with Crippen molar-refractivity contribution in [3.8, 4) is 5.75 Å². The highest BCUT2D eigenvalue weighted by atomic mass is 35.5. The molecule has 3 N–H and O–H groups in total. The zero-order chi connectivity index (χ0) is 16.3. The molecule has 0 saturated heterocycles. The second kappa shape index (κ2) is 6.50. The normalized spacial score (nSPS) is 16.0. The Morgan fingerprint density at radius 1 is 1.22 bits per heavy atom. The number of halogens is 1. The monoisotopic (exact) mass is 329 g/mol. The van der Waals surface area contributed by atoms with Gasteiger partial charge in [0.2, 0.25) is 0 Å². The molecule has 0 bridgehead atoms. The van der Waals surface area contributed by atoms with Crippen molar-refractivity contribution in [3.63, 3.8) is 0 Å². The van der Waals surface area contributed by atoms with Gasteiger partial charge in [0.05, 0.1) is 19.3 Å². The smallest absolute Gasteiger partial charge is 0.193 e. The zero-order valence-corrected chi connectivity index (χ0v) is 13.8. The minimum Gasteiger partial charge on any atom is -0.495 e. The fourth-order valence-corrected chi connectivity index (χ4v) is 3.05. The van der Waals surface area contributed by atoms with Gasteiger partial charge in [-0.25, -0.2) is 0 Å². The van der Waals surface area contributed by atoms with Crippen molar-refractivity contribution < 1.29 is 4.74 Å². The molecule has 2 aromatic rings. The molecule has 23 heavy (non-hydrogen) atoms. The SMILES string of the molecule is COc1ccccc1NC(N)=NCC1(c2ccccc2Cl)CC1. The van der Waals surface area contributed by atoms with Gasteiger partial charge in [-0.1, -0.05) is 41.9 Å². The number of ether oxygens (including phenoxy) is 1. The summed E-state index contributed by atoms with van der Waals surface area (Å²) < 4.78 is 5.30. The molecule has 2 aromatic carbocycles. The summed E-state index contributed by atoms with van der Waals surface area (Å²) >= 11 is 6.32. The van der Waals surface area contributed by atoms with E-state index in [2.05, 4.69) is 16.4 Å². The highest BCUT2D eigenvalue weighted by Crippen LogP contribution is 2.50. The third-order valence-electron chi connectivity index (χ3n) is 4.22. The van der Waals surface area contributed by atoms with Gasteiger partial charge in [0, 0.05) is 10.4 Å². The molecule has 0 aromatic heterocycles. The van der Waals surface area contributed by atoms with E-state index in [-0.39, 0.29) is 5.41 Å². The summed E-state index contributed by atoms with van der Waals surface area (Å²) in [6.07, 6.45) is 2.17. The Morgan fingerprint density at radius 3 is 2.61 bits per heavy atom. The van der Waals surface area contributed by atoms with Gasteiger partial charge in [0.1, 0.15) is 5.75 Å². The highest BCUT2D eigenvalue weighted by molar-refractivity contribution is 6.31. The van der Waals surface area contributed by atoms with E-state index < -0.39 is 0 Å². The summed E-state index contributed by atoms with van der Waals surface area (Å²) in [5.41, 5.74) is 8.03. The molecular weight excluding hydrogens is 310 g/mol. The average molecular weight is 330 g/mol. The molecule has 3 rings (SSSR count). The molecule has 0 radical (unpaired) electrons. The maximum absolute atomic E-state index is 6.32. The Kier molecular flexibility index (Phi) is 4.44. The van der Waals surface area contributed by atoms with Gasteiger partial charge in [-0.2, -0.15) is 0 Å². The first-order chi connectivity index (χ1) is 11.1. The predicted molar refractivity (Wildman–Crippen MR) is 95.5 cm³/mol. The van der Waals surface area contributed by atoms with Crippen LogP contribution < -0.4 is 15.8 Å². The Hall–Kier alpha value is -2.20. The Balaban J connectivity index is 1.72. The van der Waals surface area contributed by atoms with Crippen molar-refractivity contribution in [2.45, 2.75) is 18.3 Å². The molecular formula is C18H20ClN3O. The third kappa shape index (κ3) is 3.42. The van der Waals surface area contributed by atoms with Crippen LogP contribution in [0, 0.1) is 0 Å². The van der Waals surface area contributed by atoms with Gasteiger partial charge in [-0.05, 0) is 36.6 Å². The molecule has 1 fully saturated rings. The molecule has 0 unspecified atom stereocenters. The number of guanidine groups is 1. The topological polar surface area (TPSA) is 59.6 Å². The fourth-order valence-electron chi connectivity index (χ4n) is 2.72. The lowest BCUT2D eigenvalue weighted by atomic mass is 9.96. The van der Waals surface area contributed by atoms with Gasteiger partial charge in [0.15, 0.2) is 5.96 Å². The number of anilines is 1. The van der Waals surface area contributed by atoms with Crippen molar-refractivity contribution in [1.29, 1.82) is 0 Å². The number of nitrogens with one attached hydrogen (secondary N) is 1. The average Bonchev–Trinajstić information content (AvgIpc) is 3.35. The molecule has 0 amide bonds. The second-order valence-corrected chi connectivity index (χ2v) is 6.19. The van der Waals surface area contributed by atoms with E-state index in [1.54, 1.807) is 7.11 Å². The number of methoxy groups -OCH3 is 1. The number of nitrogens with zero attached hydrogens (tertiary/aromatic N) is 1. The van der Waals surface area contributed by atoms with E-state index in [9.17, 15) is 0 Å². The molecule has 1 aliphatic carbocycles. The third-order valence-corrected chi connectivity index (χ3v) is 4.55. The second-order valence-electron chi connectivity index (χ2n) is 5.79. The van der Waals surface area contributed by atoms with Crippen LogP contribution >= 0.6 is 11.6 Å². The lowest BCUT2D eigenvalue weighted by Gasteiger charge is -2.16. The Morgan fingerprint density at radius 2 is 1.91 bits per heavy atom. The first-order valence-corrected chi connectivity index (χ1v) is 7.97. The van der Waals surface area contributed by atoms with Crippen molar-refractivity contribution in [2.24, 2.45) is 10.7 Å². The summed E-state index contributed by atoms with van der Waals surface area (Å²) in [6.45, 7) is 0.630. The molecule has 120 valence electrons. The number of hydrogen-bond donors (Lipinski definition) is 2. The molecule has 0 atom stereocenters. The number of para-hydroxylation sites is 2. The lowest BCUT2D eigenvalue weighted by Crippen LogP contribution is -2.25. The summed E-state index contributed by atoms with van der Waals surface area (Å²) in [7, 11) is 1.63. The van der Waals surface area contributed by atoms with Gasteiger partial charge < -0.3 is 15.8 Å². The molecule has 1 aliphatic rings. The van der Waals surface area contributed by atoms with Gasteiger partial charge in [-0.15, -0.1) is 0 Å². The van der Waals surface area contributed by atoms with Crippen molar-refractivity contribution in [3.05, 3.63) is 59.1 Å². The van der Waals surface area contributed by atoms with Gasteiger partial charge in [-0.3, -0.25) is 4.99 Å². The van der Waals surface area contributed by atoms with Gasteiger partial charge in [0.25, 0.3) is 0 Å². The van der Waals surface area contributed by atoms with E-state index in [0.717, 1.165) is 34.9 Å². The summed E-state index contributed by atoms with van der Waals surface area (Å²) in [4.78, 5) is 4.52. The van der Waals surface area contributed by atoms with E-state index in [0.29, 0.717) is 12.5 Å². The highest BCUT2D eigenvalue weighted by Gasteiger charge is 2.45. The molecule has 0 aliphatic heterocycles. The van der Waals surface area contributed by atoms with Crippen LogP contribution in [-0.4, -0.2) is 19.6 Å². The lowest BCUT2D eigenvalue weighted by molar-refractivity contribution is 0.417. The first-order valence-electron chi connectivity index (χ1n) is 7.60. The largest absolute Gasteiger partial charge is 0.495 e. The van der Waals surface area contributed by atoms with Crippen molar-refractivity contribution >= 4 is 23.2 Å². The Labute approximate surface area is 141 Å². The van der Waals surface area contributed by atoms with Crippen LogP contribution in [-0.2, 0) is 5.41 Å². The van der Waals surface area contributed by atoms with Crippen molar-refractivity contribution in [2.75, 3.05) is 19.0 Å². The van der Waals surface area contributed by atoms with Crippen LogP contribution in [0.3, 0.4) is 0 Å². The summed E-state index contributed by atoms with van der Waals surface area (Å²) in [5, 5.41) is 3.90. The molecule has 0 heterocycles. The number of nitrogens with two attached hydrogens (primary N) is 1. The van der Waals surface area contributed by atoms with Crippen LogP contribution in [0.5, 0.6) is 5.75 Å². The zero-order valence-electron chi connectivity index (χ0n) is 13.1. The maximum atomic E-state index is 6.32. The number of aliphatic imine (C=N–C) groups is 1. The van der Waals surface area contributed by atoms with Crippen LogP contribution in [0.1, 0.15) is 18.4 Å². The summed E-state index contributed by atoms with van der Waals surface area (Å²) in [6, 6.07) is 15.6. The van der Waals surface area contributed by atoms with E-state index in [4.69, 9.17) is 22.1 Å². The van der Waals surface area contributed by atoms with E-state index in [1.165, 1.54) is 0 Å². The van der Waals surface area contributed by atoms with Gasteiger partial charge >= 0.3 is 0 Å². The fraction of sp³-hybridized carbons (Fsp3) is 0.278. The molecule has 4 nitrogen and oxygen atoms in total. The molecule has 5 heteroatoms. The first kappa shape index (κ1) is 15.7. The van der Waals surface area contributed by atoms with E-state index in [1.807, 2.05) is 42.5 Å². The van der Waals surface area contributed by atoms with E-state index >= 15 is 0 Å². The quantitative estimate of drug-likeness (QED) is 0.648. The minimum absolute atomic E-state index is 0.0332. The standard InChI is InChI=1S/C18H20ClN3O/c1-23-16-9-5-4-8-15(16)22-17(20)21-12-18(10-11-18)13-6-2-3-7-14(13)19/h2-9H,10-12H2,1H3,(H3,20,21,22). The number of rotatable bonds is 5. The van der Waals surface area contributed by atoms with Crippen LogP contribution in [0.4, 0.5) is 5.69 Å². The van der Waals surface area contributed by atoms with Crippen molar-refractivity contribution in [1.82, 2.24) is 0 Å². The minimum atomic E-state index is 0.0332. The van der Waals surface area contributed by atoms with Crippen LogP contribution in [0.25, 0.3) is 0 Å². The predicted octanol–water partition coefficient (Wildman–Crippen LogP) is 3.81. The number of hydrogen-bond acceptors (Lipinski definition) is 2. The summed E-state index contributed by atoms with van der Waals surface area (Å²) in [5.74, 6) is 1.12. The van der Waals surface area contributed by atoms with Crippen LogP contribution in [0.2, 0.25) is 5.02 Å². The Bertz CT molecular complexity index is 726. The molecule has 0 spiro atoms. The molecule has 1 saturated carbocycles.